The highest BCUT2D eigenvalue weighted by molar-refractivity contribution is 7.89. The molecule has 23 heavy (non-hydrogen) atoms. The predicted octanol–water partition coefficient (Wildman–Crippen LogP) is 1.61. The number of benzene rings is 1. The average molecular weight is 341 g/mol. The summed E-state index contributed by atoms with van der Waals surface area (Å²) in [5, 5.41) is 0. The van der Waals surface area contributed by atoms with Gasteiger partial charge in [0.25, 0.3) is 0 Å². The van der Waals surface area contributed by atoms with E-state index < -0.39 is 10.0 Å². The van der Waals surface area contributed by atoms with Crippen molar-refractivity contribution in [3.63, 3.8) is 0 Å². The highest BCUT2D eigenvalue weighted by Gasteiger charge is 2.29. The van der Waals surface area contributed by atoms with Gasteiger partial charge in [-0.25, -0.2) is 13.1 Å². The molecule has 1 heterocycles. The SMILES string of the molecule is CCS(=O)(=O)N[C@@H]1CCOC[C@H]1COc1ccccc1C(C)=O. The van der Waals surface area contributed by atoms with Gasteiger partial charge in [-0.1, -0.05) is 12.1 Å². The highest BCUT2D eigenvalue weighted by Crippen LogP contribution is 2.22. The van der Waals surface area contributed by atoms with E-state index >= 15 is 0 Å². The van der Waals surface area contributed by atoms with Gasteiger partial charge in [-0.05, 0) is 32.4 Å². The Hall–Kier alpha value is -1.44. The van der Waals surface area contributed by atoms with Gasteiger partial charge in [0.05, 0.1) is 24.5 Å². The van der Waals surface area contributed by atoms with Crippen LogP contribution in [0.4, 0.5) is 0 Å². The maximum absolute atomic E-state index is 11.8. The second-order valence-corrected chi connectivity index (χ2v) is 7.66. The van der Waals surface area contributed by atoms with Crippen molar-refractivity contribution in [1.29, 1.82) is 0 Å². The normalized spacial score (nSPS) is 21.8. The Balaban J connectivity index is 2.04. The van der Waals surface area contributed by atoms with Gasteiger partial charge in [0.2, 0.25) is 10.0 Å². The first-order chi connectivity index (χ1) is 10.9. The largest absolute Gasteiger partial charge is 0.492 e. The fourth-order valence-corrected chi connectivity index (χ4v) is 3.45. The Morgan fingerprint density at radius 1 is 1.39 bits per heavy atom. The molecule has 1 saturated heterocycles. The standard InChI is InChI=1S/C16H23NO5S/c1-3-23(19,20)17-15-8-9-21-10-13(15)11-22-16-7-5-4-6-14(16)12(2)18/h4-7,13,15,17H,3,8-11H2,1-2H3/t13-,15+/m0/s1. The van der Waals surface area contributed by atoms with Crippen molar-refractivity contribution in [1.82, 2.24) is 4.72 Å². The lowest BCUT2D eigenvalue weighted by molar-refractivity contribution is 0.0185. The zero-order valence-electron chi connectivity index (χ0n) is 13.4. The number of ether oxygens (including phenoxy) is 2. The minimum Gasteiger partial charge on any atom is -0.492 e. The molecule has 1 aliphatic rings. The number of rotatable bonds is 7. The highest BCUT2D eigenvalue weighted by atomic mass is 32.2. The first-order valence-electron chi connectivity index (χ1n) is 7.73. The summed E-state index contributed by atoms with van der Waals surface area (Å²) in [5.74, 6) is 0.405. The summed E-state index contributed by atoms with van der Waals surface area (Å²) in [5.41, 5.74) is 0.523. The number of ketones is 1. The number of nitrogens with one attached hydrogen (secondary N) is 1. The predicted molar refractivity (Wildman–Crippen MR) is 87.3 cm³/mol. The average Bonchev–Trinajstić information content (AvgIpc) is 2.54. The molecular formula is C16H23NO5S. The number of para-hydroxylation sites is 1. The van der Waals surface area contributed by atoms with Crippen LogP contribution >= 0.6 is 0 Å². The fraction of sp³-hybridized carbons (Fsp3) is 0.562. The first kappa shape index (κ1) is 17.9. The van der Waals surface area contributed by atoms with Crippen molar-refractivity contribution < 1.29 is 22.7 Å². The second-order valence-electron chi connectivity index (χ2n) is 5.61. The van der Waals surface area contributed by atoms with Crippen LogP contribution in [0.5, 0.6) is 5.75 Å². The van der Waals surface area contributed by atoms with Gasteiger partial charge in [-0.2, -0.15) is 0 Å². The van der Waals surface area contributed by atoms with E-state index in [1.807, 2.05) is 0 Å². The molecule has 128 valence electrons. The van der Waals surface area contributed by atoms with E-state index in [1.54, 1.807) is 31.2 Å². The minimum atomic E-state index is -3.27. The quantitative estimate of drug-likeness (QED) is 0.762. The van der Waals surface area contributed by atoms with Gasteiger partial charge in [-0.3, -0.25) is 4.79 Å². The molecule has 1 N–H and O–H groups in total. The van der Waals surface area contributed by atoms with Crippen LogP contribution in [0.25, 0.3) is 0 Å². The van der Waals surface area contributed by atoms with Crippen molar-refractivity contribution >= 4 is 15.8 Å². The third kappa shape index (κ3) is 5.02. The summed E-state index contributed by atoms with van der Waals surface area (Å²) < 4.78 is 37.5. The molecule has 0 saturated carbocycles. The lowest BCUT2D eigenvalue weighted by Crippen LogP contribution is -2.48. The molecule has 0 aliphatic carbocycles. The molecule has 0 aromatic heterocycles. The van der Waals surface area contributed by atoms with Gasteiger partial charge in [0.1, 0.15) is 5.75 Å². The molecule has 1 aromatic carbocycles. The number of Topliss-reactive ketones (excluding diaryl/α,β-unsaturated/α-hetero) is 1. The van der Waals surface area contributed by atoms with Crippen molar-refractivity contribution in [2.45, 2.75) is 26.3 Å². The van der Waals surface area contributed by atoms with E-state index in [0.717, 1.165) is 0 Å². The molecule has 0 bridgehead atoms. The van der Waals surface area contributed by atoms with E-state index in [-0.39, 0.29) is 23.5 Å². The maximum Gasteiger partial charge on any atom is 0.211 e. The molecule has 0 amide bonds. The van der Waals surface area contributed by atoms with Crippen LogP contribution in [0.3, 0.4) is 0 Å². The monoisotopic (exact) mass is 341 g/mol. The molecule has 1 aromatic rings. The zero-order chi connectivity index (χ0) is 16.9. The van der Waals surface area contributed by atoms with Gasteiger partial charge >= 0.3 is 0 Å². The zero-order valence-corrected chi connectivity index (χ0v) is 14.3. The molecule has 6 nitrogen and oxygen atoms in total. The molecular weight excluding hydrogens is 318 g/mol. The summed E-state index contributed by atoms with van der Waals surface area (Å²) in [6, 6.07) is 6.83. The van der Waals surface area contributed by atoms with Crippen LogP contribution in [0.2, 0.25) is 0 Å². The van der Waals surface area contributed by atoms with E-state index in [9.17, 15) is 13.2 Å². The van der Waals surface area contributed by atoms with Gasteiger partial charge in [-0.15, -0.1) is 0 Å². The lowest BCUT2D eigenvalue weighted by Gasteiger charge is -2.31. The first-order valence-corrected chi connectivity index (χ1v) is 9.38. The minimum absolute atomic E-state index is 0.0467. The number of carbonyl (C=O) groups is 1. The molecule has 1 fully saturated rings. The third-order valence-electron chi connectivity index (χ3n) is 3.90. The Bertz CT molecular complexity index is 644. The van der Waals surface area contributed by atoms with E-state index in [1.165, 1.54) is 6.92 Å². The smallest absolute Gasteiger partial charge is 0.211 e. The number of sulfonamides is 1. The molecule has 0 radical (unpaired) electrons. The van der Waals surface area contributed by atoms with E-state index in [2.05, 4.69) is 4.72 Å². The number of hydrogen-bond acceptors (Lipinski definition) is 5. The summed E-state index contributed by atoms with van der Waals surface area (Å²) in [6.07, 6.45) is 0.613. The molecule has 2 rings (SSSR count). The molecule has 2 atom stereocenters. The van der Waals surface area contributed by atoms with Crippen molar-refractivity contribution in [2.75, 3.05) is 25.6 Å². The Kier molecular flexibility index (Phi) is 6.15. The van der Waals surface area contributed by atoms with Crippen LogP contribution in [-0.4, -0.2) is 45.8 Å². The molecule has 0 unspecified atom stereocenters. The summed E-state index contributed by atoms with van der Waals surface area (Å²) in [4.78, 5) is 11.6. The summed E-state index contributed by atoms with van der Waals surface area (Å²) >= 11 is 0. The topological polar surface area (TPSA) is 81.7 Å². The van der Waals surface area contributed by atoms with E-state index in [0.29, 0.717) is 37.6 Å². The number of carbonyl (C=O) groups excluding carboxylic acids is 1. The number of hydrogen-bond donors (Lipinski definition) is 1. The Labute approximate surface area is 137 Å². The summed E-state index contributed by atoms with van der Waals surface area (Å²) in [7, 11) is -3.27. The lowest BCUT2D eigenvalue weighted by atomic mass is 9.97. The third-order valence-corrected chi connectivity index (χ3v) is 5.33. The van der Waals surface area contributed by atoms with Crippen LogP contribution in [-0.2, 0) is 14.8 Å². The van der Waals surface area contributed by atoms with Crippen molar-refractivity contribution in [3.8, 4) is 5.75 Å². The second kappa shape index (κ2) is 7.90. The van der Waals surface area contributed by atoms with Crippen LogP contribution in [0, 0.1) is 5.92 Å². The van der Waals surface area contributed by atoms with Gasteiger partial charge in [0, 0.05) is 18.6 Å². The Morgan fingerprint density at radius 3 is 2.83 bits per heavy atom. The van der Waals surface area contributed by atoms with Gasteiger partial charge < -0.3 is 9.47 Å². The van der Waals surface area contributed by atoms with Gasteiger partial charge in [0.15, 0.2) is 5.78 Å². The van der Waals surface area contributed by atoms with Crippen molar-refractivity contribution in [2.24, 2.45) is 5.92 Å². The van der Waals surface area contributed by atoms with E-state index in [4.69, 9.17) is 9.47 Å². The fourth-order valence-electron chi connectivity index (χ4n) is 2.51. The molecule has 0 spiro atoms. The summed E-state index contributed by atoms with van der Waals surface area (Å²) in [6.45, 7) is 4.35. The van der Waals surface area contributed by atoms with Crippen LogP contribution < -0.4 is 9.46 Å². The maximum atomic E-state index is 11.8. The Morgan fingerprint density at radius 2 is 2.13 bits per heavy atom. The molecule has 7 heteroatoms. The van der Waals surface area contributed by atoms with Crippen LogP contribution in [0.15, 0.2) is 24.3 Å². The van der Waals surface area contributed by atoms with Crippen LogP contribution in [0.1, 0.15) is 30.6 Å². The van der Waals surface area contributed by atoms with Crippen molar-refractivity contribution in [3.05, 3.63) is 29.8 Å². The molecule has 1 aliphatic heterocycles.